The van der Waals surface area contributed by atoms with Gasteiger partial charge in [-0.15, -0.1) is 0 Å². The van der Waals surface area contributed by atoms with Gasteiger partial charge in [0, 0.05) is 6.04 Å². The number of aromatic amines is 1. The molecule has 1 aliphatic carbocycles. The molecule has 1 aromatic heterocycles. The molecule has 0 atom stereocenters. The minimum Gasteiger partial charge on any atom is -0.307 e. The van der Waals surface area contributed by atoms with E-state index in [1.165, 1.54) is 32.1 Å². The second kappa shape index (κ2) is 5.43. The van der Waals surface area contributed by atoms with Crippen LogP contribution in [0.15, 0.2) is 0 Å². The van der Waals surface area contributed by atoms with Crippen molar-refractivity contribution in [1.82, 2.24) is 20.5 Å². The third-order valence-corrected chi connectivity index (χ3v) is 3.62. The highest BCUT2D eigenvalue weighted by Gasteiger charge is 2.19. The van der Waals surface area contributed by atoms with E-state index in [0.717, 1.165) is 24.1 Å². The maximum absolute atomic E-state index is 4.30. The molecule has 4 heteroatoms. The average molecular weight is 222 g/mol. The Labute approximate surface area is 97.2 Å². The van der Waals surface area contributed by atoms with Crippen LogP contribution < -0.4 is 5.32 Å². The fourth-order valence-corrected chi connectivity index (χ4v) is 2.48. The highest BCUT2D eigenvalue weighted by molar-refractivity contribution is 4.88. The summed E-state index contributed by atoms with van der Waals surface area (Å²) in [7, 11) is 0. The summed E-state index contributed by atoms with van der Waals surface area (Å²) in [5, 5.41) is 10.6. The van der Waals surface area contributed by atoms with E-state index >= 15 is 0 Å². The lowest BCUT2D eigenvalue weighted by molar-refractivity contribution is 0.284. The van der Waals surface area contributed by atoms with Crippen LogP contribution in [0.3, 0.4) is 0 Å². The Morgan fingerprint density at radius 1 is 1.31 bits per heavy atom. The Balaban J connectivity index is 1.71. The molecule has 16 heavy (non-hydrogen) atoms. The van der Waals surface area contributed by atoms with Crippen LogP contribution in [-0.2, 0) is 6.54 Å². The number of aromatic nitrogens is 3. The van der Waals surface area contributed by atoms with Gasteiger partial charge >= 0.3 is 0 Å². The van der Waals surface area contributed by atoms with Crippen molar-refractivity contribution in [3.05, 3.63) is 11.6 Å². The Bertz CT molecular complexity index is 313. The van der Waals surface area contributed by atoms with Gasteiger partial charge in [-0.05, 0) is 38.5 Å². The molecule has 1 aromatic rings. The topological polar surface area (TPSA) is 53.6 Å². The summed E-state index contributed by atoms with van der Waals surface area (Å²) >= 11 is 0. The highest BCUT2D eigenvalue weighted by atomic mass is 15.2. The zero-order chi connectivity index (χ0) is 11.4. The molecule has 0 aliphatic heterocycles. The third-order valence-electron chi connectivity index (χ3n) is 3.62. The van der Waals surface area contributed by atoms with E-state index in [1.54, 1.807) is 0 Å². The number of H-pyrrole nitrogens is 1. The van der Waals surface area contributed by atoms with Gasteiger partial charge in [0.2, 0.25) is 0 Å². The molecular weight excluding hydrogens is 200 g/mol. The van der Waals surface area contributed by atoms with Crippen molar-refractivity contribution in [2.45, 2.75) is 58.5 Å². The van der Waals surface area contributed by atoms with Crippen molar-refractivity contribution in [2.75, 3.05) is 0 Å². The Kier molecular flexibility index (Phi) is 3.93. The zero-order valence-corrected chi connectivity index (χ0v) is 10.3. The molecule has 1 heterocycles. The first-order valence-electron chi connectivity index (χ1n) is 6.39. The van der Waals surface area contributed by atoms with Gasteiger partial charge in [0.25, 0.3) is 0 Å². The Morgan fingerprint density at radius 2 is 2.06 bits per heavy atom. The normalized spacial score (nSPS) is 25.9. The minimum absolute atomic E-state index is 0.668. The highest BCUT2D eigenvalue weighted by Crippen LogP contribution is 2.26. The fourth-order valence-electron chi connectivity index (χ4n) is 2.48. The van der Waals surface area contributed by atoms with Crippen LogP contribution in [0, 0.1) is 12.8 Å². The molecule has 0 amide bonds. The first-order valence-corrected chi connectivity index (χ1v) is 6.39. The molecule has 1 saturated carbocycles. The van der Waals surface area contributed by atoms with E-state index in [2.05, 4.69) is 27.4 Å². The van der Waals surface area contributed by atoms with Crippen LogP contribution in [-0.4, -0.2) is 21.2 Å². The molecule has 4 nitrogen and oxygen atoms in total. The summed E-state index contributed by atoms with van der Waals surface area (Å²) in [6.45, 7) is 5.03. The van der Waals surface area contributed by atoms with Crippen LogP contribution in [0.5, 0.6) is 0 Å². The summed E-state index contributed by atoms with van der Waals surface area (Å²) in [4.78, 5) is 4.30. The van der Waals surface area contributed by atoms with E-state index in [1.807, 2.05) is 6.92 Å². The molecule has 0 bridgehead atoms. The average Bonchev–Trinajstić information content (AvgIpc) is 2.73. The number of rotatable bonds is 4. The maximum Gasteiger partial charge on any atom is 0.164 e. The van der Waals surface area contributed by atoms with E-state index in [4.69, 9.17) is 0 Å². The summed E-state index contributed by atoms with van der Waals surface area (Å²) in [6, 6.07) is 0.668. The predicted molar refractivity (Wildman–Crippen MR) is 64.0 cm³/mol. The molecule has 0 aromatic carbocycles. The number of hydrogen-bond acceptors (Lipinski definition) is 3. The lowest BCUT2D eigenvalue weighted by atomic mass is 9.84. The molecular formula is C12H22N4. The van der Waals surface area contributed by atoms with Gasteiger partial charge in [-0.2, -0.15) is 5.10 Å². The fraction of sp³-hybridized carbons (Fsp3) is 0.833. The van der Waals surface area contributed by atoms with Gasteiger partial charge in [-0.1, -0.05) is 13.3 Å². The van der Waals surface area contributed by atoms with E-state index < -0.39 is 0 Å². The minimum atomic E-state index is 0.668. The molecule has 0 radical (unpaired) electrons. The van der Waals surface area contributed by atoms with Crippen molar-refractivity contribution in [2.24, 2.45) is 5.92 Å². The standard InChI is InChI=1S/C12H22N4/c1-3-10-4-6-11(7-5-10)13-8-12-14-9(2)15-16-12/h10-11,13H,3-8H2,1-2H3,(H,14,15,16). The van der Waals surface area contributed by atoms with Gasteiger partial charge in [0.1, 0.15) is 5.82 Å². The SMILES string of the molecule is CCC1CCC(NCc2n[nH]c(C)n2)CC1. The first-order chi connectivity index (χ1) is 7.78. The van der Waals surface area contributed by atoms with Crippen LogP contribution >= 0.6 is 0 Å². The quantitative estimate of drug-likeness (QED) is 0.821. The molecule has 2 N–H and O–H groups in total. The molecule has 0 saturated heterocycles. The second-order valence-electron chi connectivity index (χ2n) is 4.84. The Hall–Kier alpha value is -0.900. The van der Waals surface area contributed by atoms with Gasteiger partial charge in [-0.3, -0.25) is 5.10 Å². The predicted octanol–water partition coefficient (Wildman–Crippen LogP) is 2.17. The van der Waals surface area contributed by atoms with Gasteiger partial charge in [0.05, 0.1) is 6.54 Å². The molecule has 0 spiro atoms. The third kappa shape index (κ3) is 3.04. The van der Waals surface area contributed by atoms with Gasteiger partial charge < -0.3 is 5.32 Å². The lowest BCUT2D eigenvalue weighted by Crippen LogP contribution is -2.32. The van der Waals surface area contributed by atoms with Crippen LogP contribution in [0.1, 0.15) is 50.7 Å². The largest absolute Gasteiger partial charge is 0.307 e. The summed E-state index contributed by atoms with van der Waals surface area (Å²) in [5.41, 5.74) is 0. The van der Waals surface area contributed by atoms with Crippen molar-refractivity contribution in [3.8, 4) is 0 Å². The number of aryl methyl sites for hydroxylation is 1. The van der Waals surface area contributed by atoms with Crippen molar-refractivity contribution < 1.29 is 0 Å². The van der Waals surface area contributed by atoms with Crippen molar-refractivity contribution >= 4 is 0 Å². The summed E-state index contributed by atoms with van der Waals surface area (Å²) in [6.07, 6.45) is 6.71. The number of nitrogens with one attached hydrogen (secondary N) is 2. The lowest BCUT2D eigenvalue weighted by Gasteiger charge is -2.28. The van der Waals surface area contributed by atoms with Gasteiger partial charge in [0.15, 0.2) is 5.82 Å². The molecule has 1 aliphatic rings. The number of hydrogen-bond donors (Lipinski definition) is 2. The monoisotopic (exact) mass is 222 g/mol. The maximum atomic E-state index is 4.30. The summed E-state index contributed by atoms with van der Waals surface area (Å²) < 4.78 is 0. The molecule has 2 rings (SSSR count). The Morgan fingerprint density at radius 3 is 2.62 bits per heavy atom. The van der Waals surface area contributed by atoms with Crippen molar-refractivity contribution in [3.63, 3.8) is 0 Å². The smallest absolute Gasteiger partial charge is 0.164 e. The zero-order valence-electron chi connectivity index (χ0n) is 10.3. The number of nitrogens with zero attached hydrogens (tertiary/aromatic N) is 2. The van der Waals surface area contributed by atoms with Crippen LogP contribution in [0.2, 0.25) is 0 Å². The summed E-state index contributed by atoms with van der Waals surface area (Å²) in [5.74, 6) is 2.74. The first kappa shape index (κ1) is 11.6. The second-order valence-corrected chi connectivity index (χ2v) is 4.84. The van der Waals surface area contributed by atoms with E-state index in [9.17, 15) is 0 Å². The van der Waals surface area contributed by atoms with Crippen molar-refractivity contribution in [1.29, 1.82) is 0 Å². The van der Waals surface area contributed by atoms with Crippen LogP contribution in [0.25, 0.3) is 0 Å². The van der Waals surface area contributed by atoms with Gasteiger partial charge in [-0.25, -0.2) is 4.98 Å². The molecule has 1 fully saturated rings. The van der Waals surface area contributed by atoms with E-state index in [-0.39, 0.29) is 0 Å². The van der Waals surface area contributed by atoms with Crippen LogP contribution in [0.4, 0.5) is 0 Å². The molecule has 90 valence electrons. The molecule has 0 unspecified atom stereocenters. The van der Waals surface area contributed by atoms with E-state index in [0.29, 0.717) is 6.04 Å².